The van der Waals surface area contributed by atoms with Gasteiger partial charge in [0.05, 0.1) is 5.56 Å². The maximum absolute atomic E-state index is 13.7. The lowest BCUT2D eigenvalue weighted by Crippen LogP contribution is -2.21. The van der Waals surface area contributed by atoms with Crippen LogP contribution in [-0.2, 0) is 0 Å². The second-order valence-corrected chi connectivity index (χ2v) is 6.69. The minimum atomic E-state index is -4.81. The summed E-state index contributed by atoms with van der Waals surface area (Å²) in [4.78, 5) is 12.1. The molecular weight excluding hydrogens is 434 g/mol. The number of alkyl halides is 6. The molecule has 0 spiro atoms. The van der Waals surface area contributed by atoms with Crippen LogP contribution in [0.4, 0.5) is 40.8 Å². The molecule has 0 aliphatic heterocycles. The first-order chi connectivity index (χ1) is 14.4. The molecule has 0 saturated carbocycles. The van der Waals surface area contributed by atoms with Crippen LogP contribution in [0.15, 0.2) is 59.7 Å². The predicted octanol–water partition coefficient (Wildman–Crippen LogP) is 6.82. The summed E-state index contributed by atoms with van der Waals surface area (Å²) in [7, 11) is 0. The van der Waals surface area contributed by atoms with Crippen LogP contribution in [0.3, 0.4) is 0 Å². The molecule has 2 aromatic carbocycles. The highest BCUT2D eigenvalue weighted by Gasteiger charge is 2.42. The number of carbonyl (C=O) groups is 1. The molecule has 0 radical (unpaired) electrons. The van der Waals surface area contributed by atoms with Gasteiger partial charge in [0, 0.05) is 16.8 Å². The lowest BCUT2D eigenvalue weighted by molar-refractivity contribution is -0.102. The molecule has 10 heteroatoms. The van der Waals surface area contributed by atoms with Gasteiger partial charge in [0.25, 0.3) is 5.91 Å². The molecule has 0 atom stereocenters. The fourth-order valence-corrected chi connectivity index (χ4v) is 3.11. The first kappa shape index (κ1) is 22.5. The summed E-state index contributed by atoms with van der Waals surface area (Å²) in [6, 6.07) is 7.49. The predicted molar refractivity (Wildman–Crippen MR) is 97.1 cm³/mol. The largest absolute Gasteiger partial charge is 0.413 e. The average Bonchev–Trinajstić information content (AvgIpc) is 2.69. The second-order valence-electron chi connectivity index (χ2n) is 6.69. The van der Waals surface area contributed by atoms with Crippen LogP contribution < -0.4 is 5.32 Å². The Labute approximate surface area is 170 Å². The van der Waals surface area contributed by atoms with Crippen LogP contribution >= 0.6 is 0 Å². The van der Waals surface area contributed by atoms with Crippen LogP contribution in [0.5, 0.6) is 0 Å². The Morgan fingerprint density at radius 1 is 0.839 bits per heavy atom. The lowest BCUT2D eigenvalue weighted by atomic mass is 9.87. The van der Waals surface area contributed by atoms with Crippen molar-refractivity contribution in [2.75, 3.05) is 5.32 Å². The average molecular weight is 447 g/mol. The zero-order chi connectivity index (χ0) is 23.0. The third-order valence-electron chi connectivity index (χ3n) is 4.64. The Balaban J connectivity index is 1.91. The van der Waals surface area contributed by atoms with E-state index in [1.54, 1.807) is 0 Å². The van der Waals surface area contributed by atoms with Gasteiger partial charge in [-0.15, -0.1) is 0 Å². The van der Waals surface area contributed by atoms with Crippen molar-refractivity contribution in [3.05, 3.63) is 82.4 Å². The van der Waals surface area contributed by atoms with Crippen molar-refractivity contribution in [3.8, 4) is 0 Å². The molecule has 0 fully saturated rings. The first-order valence-corrected chi connectivity index (χ1v) is 8.82. The first-order valence-electron chi connectivity index (χ1n) is 8.82. The number of nitrogens with one attached hydrogen (secondary N) is 1. The summed E-state index contributed by atoms with van der Waals surface area (Å²) in [6.07, 6.45) is -10.7. The molecule has 3 rings (SSSR count). The standard InChI is InChI=1S/C21H13F8NO/c22-17-3-1-2-14(18(17)23)19(31)30-13-7-4-11(5-8-13)15-10-12(20(24,25)26)6-9-16(15)21(27,28)29/h1-5,7-8,10H,6,9H2,(H,30,31). The fraction of sp³-hybridized carbons (Fsp3) is 0.190. The molecule has 1 N–H and O–H groups in total. The van der Waals surface area contributed by atoms with Crippen LogP contribution in [0.25, 0.3) is 5.57 Å². The molecule has 2 nitrogen and oxygen atoms in total. The quantitative estimate of drug-likeness (QED) is 0.515. The van der Waals surface area contributed by atoms with Crippen molar-refractivity contribution in [3.63, 3.8) is 0 Å². The highest BCUT2D eigenvalue weighted by atomic mass is 19.4. The molecule has 0 bridgehead atoms. The van der Waals surface area contributed by atoms with Gasteiger partial charge < -0.3 is 5.32 Å². The van der Waals surface area contributed by atoms with Gasteiger partial charge in [-0.3, -0.25) is 4.79 Å². The molecule has 2 aromatic rings. The van der Waals surface area contributed by atoms with E-state index in [0.29, 0.717) is 6.08 Å². The summed E-state index contributed by atoms with van der Waals surface area (Å²) in [5, 5.41) is 2.25. The summed E-state index contributed by atoms with van der Waals surface area (Å²) in [6.45, 7) is 0. The third-order valence-corrected chi connectivity index (χ3v) is 4.64. The van der Waals surface area contributed by atoms with Crippen molar-refractivity contribution in [2.45, 2.75) is 25.2 Å². The van der Waals surface area contributed by atoms with Crippen molar-refractivity contribution in [1.29, 1.82) is 0 Å². The molecular formula is C21H13F8NO. The van der Waals surface area contributed by atoms with E-state index in [4.69, 9.17) is 0 Å². The molecule has 0 aromatic heterocycles. The smallest absolute Gasteiger partial charge is 0.322 e. The van der Waals surface area contributed by atoms with Crippen LogP contribution in [0, 0.1) is 11.6 Å². The lowest BCUT2D eigenvalue weighted by Gasteiger charge is -2.23. The minimum Gasteiger partial charge on any atom is -0.322 e. The second kappa shape index (κ2) is 8.16. The highest BCUT2D eigenvalue weighted by Crippen LogP contribution is 2.44. The van der Waals surface area contributed by atoms with Gasteiger partial charge in [-0.25, -0.2) is 8.78 Å². The molecule has 0 saturated heterocycles. The molecule has 164 valence electrons. The van der Waals surface area contributed by atoms with Gasteiger partial charge in [0.15, 0.2) is 11.6 Å². The monoisotopic (exact) mass is 447 g/mol. The maximum atomic E-state index is 13.7. The van der Waals surface area contributed by atoms with E-state index in [0.717, 1.165) is 42.5 Å². The Bertz CT molecular complexity index is 1060. The van der Waals surface area contributed by atoms with E-state index in [2.05, 4.69) is 5.32 Å². The van der Waals surface area contributed by atoms with Gasteiger partial charge in [0.1, 0.15) is 0 Å². The summed E-state index contributed by atoms with van der Waals surface area (Å²) in [5.41, 5.74) is -3.46. The van der Waals surface area contributed by atoms with E-state index in [1.807, 2.05) is 0 Å². The highest BCUT2D eigenvalue weighted by molar-refractivity contribution is 6.04. The van der Waals surface area contributed by atoms with Gasteiger partial charge >= 0.3 is 12.4 Å². The van der Waals surface area contributed by atoms with Crippen LogP contribution in [-0.4, -0.2) is 18.3 Å². The summed E-state index contributed by atoms with van der Waals surface area (Å²) in [5.74, 6) is -3.61. The van der Waals surface area contributed by atoms with Crippen LogP contribution in [0.2, 0.25) is 0 Å². The molecule has 31 heavy (non-hydrogen) atoms. The molecule has 1 amide bonds. The van der Waals surface area contributed by atoms with Crippen molar-refractivity contribution >= 4 is 17.2 Å². The van der Waals surface area contributed by atoms with Crippen molar-refractivity contribution in [2.24, 2.45) is 0 Å². The maximum Gasteiger partial charge on any atom is 0.413 e. The van der Waals surface area contributed by atoms with Gasteiger partial charge in [0.2, 0.25) is 0 Å². The fourth-order valence-electron chi connectivity index (χ4n) is 3.11. The SMILES string of the molecule is O=C(Nc1ccc(C2=C(C(F)(F)F)CCC(C(F)(F)F)=C2)cc1)c1cccc(F)c1F. The molecule has 1 aliphatic carbocycles. The Morgan fingerprint density at radius 2 is 1.48 bits per heavy atom. The number of hydrogen-bond donors (Lipinski definition) is 1. The number of halogens is 8. The Hall–Kier alpha value is -3.17. The van der Waals surface area contributed by atoms with E-state index >= 15 is 0 Å². The number of anilines is 1. The molecule has 1 aliphatic rings. The summed E-state index contributed by atoms with van der Waals surface area (Å²) < 4.78 is 106. The van der Waals surface area contributed by atoms with Gasteiger partial charge in [-0.2, -0.15) is 26.3 Å². The normalized spacial score (nSPS) is 15.0. The zero-order valence-electron chi connectivity index (χ0n) is 15.5. The Morgan fingerprint density at radius 3 is 2.06 bits per heavy atom. The van der Waals surface area contributed by atoms with Crippen molar-refractivity contribution < 1.29 is 39.9 Å². The minimum absolute atomic E-state index is 0.0300. The van der Waals surface area contributed by atoms with Crippen molar-refractivity contribution in [1.82, 2.24) is 0 Å². The molecule has 0 unspecified atom stereocenters. The Kier molecular flexibility index (Phi) is 5.93. The topological polar surface area (TPSA) is 29.1 Å². The van der Waals surface area contributed by atoms with Gasteiger partial charge in [-0.05, 0) is 54.3 Å². The number of benzene rings is 2. The van der Waals surface area contributed by atoms with E-state index in [-0.39, 0.29) is 11.3 Å². The number of rotatable bonds is 3. The van der Waals surface area contributed by atoms with Gasteiger partial charge in [-0.1, -0.05) is 18.2 Å². The summed E-state index contributed by atoms with van der Waals surface area (Å²) >= 11 is 0. The van der Waals surface area contributed by atoms with E-state index < -0.39 is 65.0 Å². The number of carbonyl (C=O) groups excluding carboxylic acids is 1. The van der Waals surface area contributed by atoms with E-state index in [9.17, 15) is 39.9 Å². The zero-order valence-corrected chi connectivity index (χ0v) is 15.5. The third kappa shape index (κ3) is 4.95. The van der Waals surface area contributed by atoms with E-state index in [1.165, 1.54) is 0 Å². The van der Waals surface area contributed by atoms with Crippen LogP contribution in [0.1, 0.15) is 28.8 Å². The number of allylic oxidation sites excluding steroid dienone is 4. The number of hydrogen-bond acceptors (Lipinski definition) is 1. The number of amides is 1. The molecule has 0 heterocycles.